The number of rotatable bonds is 6. The van der Waals surface area contributed by atoms with Crippen molar-refractivity contribution >= 4 is 23.1 Å². The van der Waals surface area contributed by atoms with E-state index in [1.54, 1.807) is 0 Å². The molecule has 5 nitrogen and oxygen atoms in total. The van der Waals surface area contributed by atoms with Crippen LogP contribution in [0.1, 0.15) is 71.9 Å². The van der Waals surface area contributed by atoms with Crippen LogP contribution in [-0.4, -0.2) is 22.3 Å². The van der Waals surface area contributed by atoms with Gasteiger partial charge in [0, 0.05) is 17.6 Å². The second kappa shape index (κ2) is 7.49. The predicted molar refractivity (Wildman–Crippen MR) is 96.8 cm³/mol. The molecule has 3 rings (SSSR count). The molecule has 24 heavy (non-hydrogen) atoms. The molecule has 0 unspecified atom stereocenters. The molecule has 1 aliphatic heterocycles. The van der Waals surface area contributed by atoms with Gasteiger partial charge in [-0.3, -0.25) is 4.79 Å². The molecule has 0 bridgehead atoms. The number of aromatic nitrogens is 2. The summed E-state index contributed by atoms with van der Waals surface area (Å²) in [6, 6.07) is 6.14. The maximum atomic E-state index is 12.6. The first kappa shape index (κ1) is 17.2. The summed E-state index contributed by atoms with van der Waals surface area (Å²) in [5.74, 6) is 0.703. The molecule has 0 spiro atoms. The number of hydrogen-bond acceptors (Lipinski definition) is 4. The van der Waals surface area contributed by atoms with Gasteiger partial charge >= 0.3 is 0 Å². The molecule has 0 radical (unpaired) electrons. The fraction of sp³-hybridized carbons (Fsp3) is 0.556. The summed E-state index contributed by atoms with van der Waals surface area (Å²) in [5, 5.41) is 7.58. The van der Waals surface area contributed by atoms with Crippen molar-refractivity contribution in [1.29, 1.82) is 0 Å². The fourth-order valence-corrected chi connectivity index (χ4v) is 4.14. The summed E-state index contributed by atoms with van der Waals surface area (Å²) in [6.45, 7) is 7.06. The molecule has 1 N–H and O–H groups in total. The van der Waals surface area contributed by atoms with Gasteiger partial charge in [-0.2, -0.15) is 5.10 Å². The summed E-state index contributed by atoms with van der Waals surface area (Å²) in [7, 11) is 0. The zero-order valence-corrected chi connectivity index (χ0v) is 15.4. The summed E-state index contributed by atoms with van der Waals surface area (Å²) in [6.07, 6.45) is 4.28. The summed E-state index contributed by atoms with van der Waals surface area (Å²) >= 11 is 1.52. The van der Waals surface area contributed by atoms with Crippen molar-refractivity contribution in [2.45, 2.75) is 58.6 Å². The van der Waals surface area contributed by atoms with E-state index in [0.717, 1.165) is 53.6 Å². The Morgan fingerprint density at radius 2 is 2.25 bits per heavy atom. The molecule has 1 fully saturated rings. The number of hydrogen-bond donors (Lipinski definition) is 1. The van der Waals surface area contributed by atoms with Gasteiger partial charge in [0.05, 0.1) is 22.7 Å². The van der Waals surface area contributed by atoms with E-state index in [2.05, 4.69) is 24.3 Å². The van der Waals surface area contributed by atoms with Gasteiger partial charge in [0.2, 0.25) is 0 Å². The van der Waals surface area contributed by atoms with E-state index in [4.69, 9.17) is 4.74 Å². The number of carbonyl (C=O) groups is 1. The molecule has 1 atom stereocenters. The third-order valence-corrected chi connectivity index (χ3v) is 5.66. The molecule has 2 aromatic heterocycles. The smallest absolute Gasteiger partial charge is 0.266 e. The topological polar surface area (TPSA) is 56.2 Å². The highest BCUT2D eigenvalue weighted by Crippen LogP contribution is 2.33. The van der Waals surface area contributed by atoms with Gasteiger partial charge in [-0.05, 0) is 44.7 Å². The van der Waals surface area contributed by atoms with Crippen molar-refractivity contribution in [2.24, 2.45) is 0 Å². The van der Waals surface area contributed by atoms with Crippen molar-refractivity contribution < 1.29 is 9.53 Å². The third kappa shape index (κ3) is 3.54. The first-order valence-electron chi connectivity index (χ1n) is 8.71. The van der Waals surface area contributed by atoms with Gasteiger partial charge in [-0.25, -0.2) is 4.68 Å². The van der Waals surface area contributed by atoms with Gasteiger partial charge in [0.25, 0.3) is 5.91 Å². The summed E-state index contributed by atoms with van der Waals surface area (Å²) in [5.41, 5.74) is 0.920. The summed E-state index contributed by atoms with van der Waals surface area (Å²) in [4.78, 5) is 14.5. The monoisotopic (exact) mass is 347 g/mol. The van der Waals surface area contributed by atoms with Crippen LogP contribution < -0.4 is 5.32 Å². The largest absolute Gasteiger partial charge is 0.373 e. The van der Waals surface area contributed by atoms with Crippen LogP contribution in [0.15, 0.2) is 18.2 Å². The van der Waals surface area contributed by atoms with Gasteiger partial charge in [-0.1, -0.05) is 13.8 Å². The Kier molecular flexibility index (Phi) is 5.36. The lowest BCUT2D eigenvalue weighted by Crippen LogP contribution is -2.17. The lowest BCUT2D eigenvalue weighted by Gasteiger charge is -2.16. The van der Waals surface area contributed by atoms with Crippen LogP contribution in [0, 0.1) is 6.92 Å². The maximum Gasteiger partial charge on any atom is 0.266 e. The third-order valence-electron chi connectivity index (χ3n) is 4.49. The molecular formula is C18H25N3O2S. The Labute approximate surface area is 147 Å². The minimum absolute atomic E-state index is 0.0728. The van der Waals surface area contributed by atoms with Crippen molar-refractivity contribution in [3.8, 4) is 0 Å². The number of amides is 1. The minimum Gasteiger partial charge on any atom is -0.373 e. The molecule has 0 aromatic carbocycles. The zero-order valence-electron chi connectivity index (χ0n) is 14.5. The highest BCUT2D eigenvalue weighted by atomic mass is 32.1. The maximum absolute atomic E-state index is 12.6. The number of nitrogens with one attached hydrogen (secondary N) is 1. The second-order valence-electron chi connectivity index (χ2n) is 6.24. The second-order valence-corrected chi connectivity index (χ2v) is 7.36. The van der Waals surface area contributed by atoms with Crippen molar-refractivity contribution in [3.63, 3.8) is 0 Å². The van der Waals surface area contributed by atoms with Gasteiger partial charge < -0.3 is 10.1 Å². The Hall–Kier alpha value is -1.66. The molecule has 3 heterocycles. The van der Waals surface area contributed by atoms with Crippen LogP contribution >= 0.6 is 11.3 Å². The van der Waals surface area contributed by atoms with Crippen LogP contribution in [0.5, 0.6) is 0 Å². The SMILES string of the molecule is CCC(CC)n1nc(C)cc1NC(=O)c1ccc([C@@H]2CCCO2)s1. The highest BCUT2D eigenvalue weighted by molar-refractivity contribution is 7.14. The molecule has 1 saturated heterocycles. The predicted octanol–water partition coefficient (Wildman–Crippen LogP) is 4.72. The van der Waals surface area contributed by atoms with E-state index < -0.39 is 0 Å². The first-order chi connectivity index (χ1) is 11.6. The lowest BCUT2D eigenvalue weighted by molar-refractivity contribution is 0.102. The van der Waals surface area contributed by atoms with Gasteiger partial charge in [0.1, 0.15) is 5.82 Å². The fourth-order valence-electron chi connectivity index (χ4n) is 3.15. The van der Waals surface area contributed by atoms with Crippen LogP contribution in [0.3, 0.4) is 0 Å². The Morgan fingerprint density at radius 3 is 2.92 bits per heavy atom. The molecule has 0 aliphatic carbocycles. The standard InChI is InChI=1S/C18H25N3O2S/c1-4-13(5-2)21-17(11-12(3)20-21)19-18(22)16-9-8-15(24-16)14-7-6-10-23-14/h8-9,11,13-14H,4-7,10H2,1-3H3,(H,19,22)/t14-/m0/s1. The van der Waals surface area contributed by atoms with Crippen LogP contribution in [0.2, 0.25) is 0 Å². The summed E-state index contributed by atoms with van der Waals surface area (Å²) < 4.78 is 7.64. The Morgan fingerprint density at radius 1 is 1.46 bits per heavy atom. The normalized spacial score (nSPS) is 17.6. The van der Waals surface area contributed by atoms with Crippen molar-refractivity contribution in [1.82, 2.24) is 9.78 Å². The van der Waals surface area contributed by atoms with Gasteiger partial charge in [0.15, 0.2) is 0 Å². The highest BCUT2D eigenvalue weighted by Gasteiger charge is 2.22. The number of carbonyl (C=O) groups excluding carboxylic acids is 1. The number of ether oxygens (including phenoxy) is 1. The molecule has 6 heteroatoms. The van der Waals surface area contributed by atoms with Crippen molar-refractivity contribution in [2.75, 3.05) is 11.9 Å². The van der Waals surface area contributed by atoms with Gasteiger partial charge in [-0.15, -0.1) is 11.3 Å². The van der Waals surface area contributed by atoms with E-state index in [-0.39, 0.29) is 12.0 Å². The number of thiophene rings is 1. The molecule has 1 amide bonds. The first-order valence-corrected chi connectivity index (χ1v) is 9.52. The Balaban J connectivity index is 1.75. The van der Waals surface area contributed by atoms with Crippen LogP contribution in [0.4, 0.5) is 5.82 Å². The molecular weight excluding hydrogens is 322 g/mol. The quantitative estimate of drug-likeness (QED) is 0.823. The van der Waals surface area contributed by atoms with E-state index in [0.29, 0.717) is 6.04 Å². The lowest BCUT2D eigenvalue weighted by atomic mass is 10.2. The van der Waals surface area contributed by atoms with Crippen LogP contribution in [-0.2, 0) is 4.74 Å². The average Bonchev–Trinajstić information content (AvgIpc) is 3.29. The number of aryl methyl sites for hydroxylation is 1. The molecule has 0 saturated carbocycles. The minimum atomic E-state index is -0.0728. The van der Waals surface area contributed by atoms with E-state index in [1.807, 2.05) is 29.8 Å². The molecule has 1 aliphatic rings. The van der Waals surface area contributed by atoms with E-state index in [1.165, 1.54) is 11.3 Å². The number of nitrogens with zero attached hydrogens (tertiary/aromatic N) is 2. The number of anilines is 1. The zero-order chi connectivity index (χ0) is 17.1. The Bertz CT molecular complexity index is 697. The molecule has 130 valence electrons. The van der Waals surface area contributed by atoms with E-state index >= 15 is 0 Å². The van der Waals surface area contributed by atoms with E-state index in [9.17, 15) is 4.79 Å². The van der Waals surface area contributed by atoms with Crippen LogP contribution in [0.25, 0.3) is 0 Å². The molecule has 2 aromatic rings. The average molecular weight is 347 g/mol. The van der Waals surface area contributed by atoms with Crippen molar-refractivity contribution in [3.05, 3.63) is 33.6 Å².